The van der Waals surface area contributed by atoms with Crippen molar-refractivity contribution in [2.45, 2.75) is 45.6 Å². The van der Waals surface area contributed by atoms with Gasteiger partial charge in [0.1, 0.15) is 6.54 Å². The van der Waals surface area contributed by atoms with Crippen LogP contribution < -0.4 is 11.1 Å². The number of rotatable bonds is 7. The SMILES string of the molecule is CCCC(N)C(=O)N1CCC(C(=O)NCC(=O)OCC)CC1.Cl. The van der Waals surface area contributed by atoms with E-state index in [4.69, 9.17) is 10.5 Å². The molecule has 1 heterocycles. The van der Waals surface area contributed by atoms with E-state index in [0.717, 1.165) is 6.42 Å². The van der Waals surface area contributed by atoms with Gasteiger partial charge in [0.25, 0.3) is 0 Å². The Hall–Kier alpha value is -1.34. The molecule has 0 aromatic heterocycles. The molecule has 0 radical (unpaired) electrons. The molecule has 134 valence electrons. The van der Waals surface area contributed by atoms with Crippen LogP contribution in [0.25, 0.3) is 0 Å². The lowest BCUT2D eigenvalue weighted by Crippen LogP contribution is -2.49. The number of ether oxygens (including phenoxy) is 1. The summed E-state index contributed by atoms with van der Waals surface area (Å²) in [5, 5.41) is 2.58. The Morgan fingerprint density at radius 2 is 1.87 bits per heavy atom. The number of hydrogen-bond acceptors (Lipinski definition) is 5. The number of esters is 1. The monoisotopic (exact) mass is 349 g/mol. The lowest BCUT2D eigenvalue weighted by atomic mass is 9.95. The Bertz CT molecular complexity index is 398. The average molecular weight is 350 g/mol. The van der Waals surface area contributed by atoms with Crippen LogP contribution >= 0.6 is 12.4 Å². The highest BCUT2D eigenvalue weighted by Crippen LogP contribution is 2.18. The fraction of sp³-hybridized carbons (Fsp3) is 0.800. The number of nitrogens with zero attached hydrogens (tertiary/aromatic N) is 1. The first kappa shape index (κ1) is 21.7. The van der Waals surface area contributed by atoms with Crippen LogP contribution in [-0.2, 0) is 19.1 Å². The second-order valence-corrected chi connectivity index (χ2v) is 5.52. The maximum Gasteiger partial charge on any atom is 0.325 e. The van der Waals surface area contributed by atoms with E-state index in [1.54, 1.807) is 11.8 Å². The third kappa shape index (κ3) is 7.18. The number of carbonyl (C=O) groups is 3. The molecule has 8 heteroatoms. The van der Waals surface area contributed by atoms with Crippen LogP contribution in [0.4, 0.5) is 0 Å². The number of carbonyl (C=O) groups excluding carboxylic acids is 3. The second-order valence-electron chi connectivity index (χ2n) is 5.52. The molecule has 0 aromatic rings. The van der Waals surface area contributed by atoms with Gasteiger partial charge in [0.15, 0.2) is 0 Å². The van der Waals surface area contributed by atoms with Gasteiger partial charge in [-0.1, -0.05) is 13.3 Å². The highest BCUT2D eigenvalue weighted by molar-refractivity contribution is 5.85. The number of nitrogens with one attached hydrogen (secondary N) is 1. The van der Waals surface area contributed by atoms with Crippen molar-refractivity contribution in [1.29, 1.82) is 0 Å². The van der Waals surface area contributed by atoms with Gasteiger partial charge in [-0.05, 0) is 26.2 Å². The molecule has 23 heavy (non-hydrogen) atoms. The molecule has 7 nitrogen and oxygen atoms in total. The van der Waals surface area contributed by atoms with Gasteiger partial charge in [-0.2, -0.15) is 0 Å². The number of halogens is 1. The van der Waals surface area contributed by atoms with Gasteiger partial charge >= 0.3 is 5.97 Å². The molecular formula is C15H28ClN3O4. The summed E-state index contributed by atoms with van der Waals surface area (Å²) in [7, 11) is 0. The number of piperidine rings is 1. The largest absolute Gasteiger partial charge is 0.465 e. The van der Waals surface area contributed by atoms with Crippen LogP contribution in [-0.4, -0.2) is 55.0 Å². The first-order chi connectivity index (χ1) is 10.5. The van der Waals surface area contributed by atoms with Crippen LogP contribution in [0.3, 0.4) is 0 Å². The molecule has 0 saturated carbocycles. The normalized spacial score (nSPS) is 16.2. The highest BCUT2D eigenvalue weighted by Gasteiger charge is 2.29. The average Bonchev–Trinajstić information content (AvgIpc) is 2.52. The van der Waals surface area contributed by atoms with Crippen molar-refractivity contribution in [2.75, 3.05) is 26.2 Å². The summed E-state index contributed by atoms with van der Waals surface area (Å²) in [6.45, 7) is 4.98. The second kappa shape index (κ2) is 11.2. The summed E-state index contributed by atoms with van der Waals surface area (Å²) in [5.74, 6) is -0.792. The van der Waals surface area contributed by atoms with Crippen molar-refractivity contribution in [2.24, 2.45) is 11.7 Å². The number of likely N-dealkylation sites (tertiary alicyclic amines) is 1. The first-order valence-corrected chi connectivity index (χ1v) is 7.97. The van der Waals surface area contributed by atoms with E-state index in [1.807, 2.05) is 6.92 Å². The maximum absolute atomic E-state index is 12.1. The quantitative estimate of drug-likeness (QED) is 0.650. The molecule has 0 spiro atoms. The third-order valence-electron chi connectivity index (χ3n) is 3.81. The van der Waals surface area contributed by atoms with Crippen LogP contribution in [0, 0.1) is 5.92 Å². The van der Waals surface area contributed by atoms with Crippen molar-refractivity contribution < 1.29 is 19.1 Å². The summed E-state index contributed by atoms with van der Waals surface area (Å²) in [6, 6.07) is -0.445. The van der Waals surface area contributed by atoms with E-state index >= 15 is 0 Å². The van der Waals surface area contributed by atoms with Gasteiger partial charge in [-0.15, -0.1) is 12.4 Å². The minimum atomic E-state index is -0.445. The number of amides is 2. The minimum Gasteiger partial charge on any atom is -0.465 e. The van der Waals surface area contributed by atoms with Crippen molar-refractivity contribution in [1.82, 2.24) is 10.2 Å². The molecule has 0 aliphatic carbocycles. The summed E-state index contributed by atoms with van der Waals surface area (Å²) in [6.07, 6.45) is 2.75. The minimum absolute atomic E-state index is 0. The Morgan fingerprint density at radius 1 is 1.26 bits per heavy atom. The summed E-state index contributed by atoms with van der Waals surface area (Å²) in [5.41, 5.74) is 5.84. The fourth-order valence-electron chi connectivity index (χ4n) is 2.55. The van der Waals surface area contributed by atoms with E-state index < -0.39 is 12.0 Å². The molecule has 0 aromatic carbocycles. The topological polar surface area (TPSA) is 102 Å². The number of hydrogen-bond donors (Lipinski definition) is 2. The van der Waals surface area contributed by atoms with Crippen LogP contribution in [0.15, 0.2) is 0 Å². The molecule has 1 rings (SSSR count). The van der Waals surface area contributed by atoms with E-state index in [0.29, 0.717) is 39.0 Å². The van der Waals surface area contributed by atoms with Gasteiger partial charge in [0, 0.05) is 19.0 Å². The molecule has 1 fully saturated rings. The standard InChI is InChI=1S/C15H27N3O4.ClH/c1-3-5-12(16)15(21)18-8-6-11(7-9-18)14(20)17-10-13(19)22-4-2;/h11-12H,3-10,16H2,1-2H3,(H,17,20);1H. The molecule has 1 unspecified atom stereocenters. The van der Waals surface area contributed by atoms with Crippen LogP contribution in [0.1, 0.15) is 39.5 Å². The smallest absolute Gasteiger partial charge is 0.325 e. The number of nitrogens with two attached hydrogens (primary N) is 1. The van der Waals surface area contributed by atoms with Crippen LogP contribution in [0.2, 0.25) is 0 Å². The van der Waals surface area contributed by atoms with Crippen molar-refractivity contribution in [3.63, 3.8) is 0 Å². The third-order valence-corrected chi connectivity index (χ3v) is 3.81. The van der Waals surface area contributed by atoms with E-state index in [9.17, 15) is 14.4 Å². The molecule has 1 atom stereocenters. The van der Waals surface area contributed by atoms with Gasteiger partial charge in [-0.3, -0.25) is 14.4 Å². The molecule has 2 amide bonds. The fourth-order valence-corrected chi connectivity index (χ4v) is 2.55. The van der Waals surface area contributed by atoms with Gasteiger partial charge in [0.2, 0.25) is 11.8 Å². The van der Waals surface area contributed by atoms with Gasteiger partial charge in [-0.25, -0.2) is 0 Å². The van der Waals surface area contributed by atoms with E-state index in [2.05, 4.69) is 5.32 Å². The van der Waals surface area contributed by atoms with E-state index in [-0.39, 0.29) is 36.7 Å². The van der Waals surface area contributed by atoms with E-state index in [1.165, 1.54) is 0 Å². The lowest BCUT2D eigenvalue weighted by molar-refractivity contribution is -0.144. The zero-order chi connectivity index (χ0) is 16.5. The summed E-state index contributed by atoms with van der Waals surface area (Å²) in [4.78, 5) is 37.0. The predicted octanol–water partition coefficient (Wildman–Crippen LogP) is 0.454. The highest BCUT2D eigenvalue weighted by atomic mass is 35.5. The Kier molecular flexibility index (Phi) is 10.6. The van der Waals surface area contributed by atoms with Crippen molar-refractivity contribution in [3.05, 3.63) is 0 Å². The van der Waals surface area contributed by atoms with Crippen LogP contribution in [0.5, 0.6) is 0 Å². The first-order valence-electron chi connectivity index (χ1n) is 7.97. The van der Waals surface area contributed by atoms with Crippen molar-refractivity contribution in [3.8, 4) is 0 Å². The van der Waals surface area contributed by atoms with Gasteiger partial charge in [0.05, 0.1) is 12.6 Å². The lowest BCUT2D eigenvalue weighted by Gasteiger charge is -2.32. The Morgan fingerprint density at radius 3 is 2.39 bits per heavy atom. The molecule has 1 aliphatic heterocycles. The molecule has 1 aliphatic rings. The van der Waals surface area contributed by atoms with Crippen molar-refractivity contribution >= 4 is 30.2 Å². The molecule has 0 bridgehead atoms. The predicted molar refractivity (Wildman–Crippen MR) is 89.1 cm³/mol. The summed E-state index contributed by atoms with van der Waals surface area (Å²) >= 11 is 0. The Balaban J connectivity index is 0.00000484. The Labute approximate surface area is 143 Å². The zero-order valence-corrected chi connectivity index (χ0v) is 14.7. The molecule has 1 saturated heterocycles. The van der Waals surface area contributed by atoms with Gasteiger partial charge < -0.3 is 20.7 Å². The molecule has 3 N–H and O–H groups in total. The molecular weight excluding hydrogens is 322 g/mol. The maximum atomic E-state index is 12.1. The zero-order valence-electron chi connectivity index (χ0n) is 13.9. The summed E-state index contributed by atoms with van der Waals surface area (Å²) < 4.78 is 4.76.